The fourth-order valence-corrected chi connectivity index (χ4v) is 3.77. The molecule has 0 fully saturated rings. The molecular formula is C18H20F2O3S. The molecule has 0 bridgehead atoms. The van der Waals surface area contributed by atoms with E-state index in [4.69, 9.17) is 0 Å². The molecule has 130 valence electrons. The van der Waals surface area contributed by atoms with Gasteiger partial charge in [0.2, 0.25) is 0 Å². The normalized spacial score (nSPS) is 11.9. The molecule has 0 aromatic heterocycles. The molecule has 0 saturated heterocycles. The van der Waals surface area contributed by atoms with E-state index in [1.165, 1.54) is 0 Å². The summed E-state index contributed by atoms with van der Waals surface area (Å²) in [5.74, 6) is -0.488. The van der Waals surface area contributed by atoms with Gasteiger partial charge in [-0.15, -0.1) is 0 Å². The zero-order valence-corrected chi connectivity index (χ0v) is 14.7. The Balaban J connectivity index is 2.36. The Morgan fingerprint density at radius 2 is 1.62 bits per heavy atom. The molecule has 0 amide bonds. The largest absolute Gasteiger partial charge is 0.358 e. The highest BCUT2D eigenvalue weighted by molar-refractivity contribution is 7.86. The van der Waals surface area contributed by atoms with Gasteiger partial charge in [0.15, 0.2) is 0 Å². The number of aryl methyl sites for hydroxylation is 4. The summed E-state index contributed by atoms with van der Waals surface area (Å²) >= 11 is 0. The third kappa shape index (κ3) is 4.61. The van der Waals surface area contributed by atoms with Crippen LogP contribution in [0.1, 0.15) is 22.3 Å². The average Bonchev–Trinajstić information content (AvgIpc) is 2.44. The van der Waals surface area contributed by atoms with Crippen LogP contribution < -0.4 is 0 Å². The lowest BCUT2D eigenvalue weighted by Crippen LogP contribution is -2.16. The van der Waals surface area contributed by atoms with Crippen molar-refractivity contribution in [1.82, 2.24) is 0 Å². The molecule has 0 heterocycles. The molecule has 2 aromatic carbocycles. The minimum absolute atomic E-state index is 0.109. The second-order valence-electron chi connectivity index (χ2n) is 5.80. The van der Waals surface area contributed by atoms with Crippen LogP contribution in [0.5, 0.6) is 0 Å². The first-order chi connectivity index (χ1) is 11.2. The molecule has 24 heavy (non-hydrogen) atoms. The molecule has 0 spiro atoms. The van der Waals surface area contributed by atoms with E-state index in [0.717, 1.165) is 33.4 Å². The zero-order chi connectivity index (χ0) is 17.9. The van der Waals surface area contributed by atoms with E-state index >= 15 is 0 Å². The maximum absolute atomic E-state index is 12.1. The first-order valence-corrected chi connectivity index (χ1v) is 9.12. The van der Waals surface area contributed by atoms with Gasteiger partial charge < -0.3 is 0 Å². The Labute approximate surface area is 141 Å². The number of hydrogen-bond acceptors (Lipinski definition) is 3. The molecular weight excluding hydrogens is 334 g/mol. The minimum Gasteiger partial charge on any atom is -0.203 e. The van der Waals surface area contributed by atoms with Gasteiger partial charge in [0, 0.05) is 0 Å². The molecule has 0 N–H and O–H groups in total. The molecule has 2 aromatic rings. The van der Waals surface area contributed by atoms with Gasteiger partial charge in [-0.05, 0) is 55.0 Å². The Hall–Kier alpha value is -1.79. The van der Waals surface area contributed by atoms with E-state index in [2.05, 4.69) is 16.3 Å². The van der Waals surface area contributed by atoms with Gasteiger partial charge in [-0.1, -0.05) is 42.0 Å². The summed E-state index contributed by atoms with van der Waals surface area (Å²) in [5.41, 5.74) is 6.08. The summed E-state index contributed by atoms with van der Waals surface area (Å²) in [4.78, 5) is 0. The summed E-state index contributed by atoms with van der Waals surface area (Å²) in [6, 6.07) is 11.5. The Morgan fingerprint density at radius 3 is 2.21 bits per heavy atom. The third-order valence-electron chi connectivity index (χ3n) is 3.80. The third-order valence-corrected chi connectivity index (χ3v) is 4.95. The fraction of sp³-hybridized carbons (Fsp3) is 0.333. The van der Waals surface area contributed by atoms with Gasteiger partial charge >= 0.3 is 6.61 Å². The highest BCUT2D eigenvalue weighted by Gasteiger charge is 2.19. The molecule has 0 atom stereocenters. The van der Waals surface area contributed by atoms with Gasteiger partial charge in [-0.25, -0.2) is 4.18 Å². The predicted molar refractivity (Wildman–Crippen MR) is 90.7 cm³/mol. The van der Waals surface area contributed by atoms with Crippen LogP contribution in [0.2, 0.25) is 0 Å². The maximum atomic E-state index is 12.1. The molecule has 6 heteroatoms. The van der Waals surface area contributed by atoms with E-state index < -0.39 is 22.5 Å². The molecule has 3 nitrogen and oxygen atoms in total. The molecule has 0 aliphatic heterocycles. The molecule has 0 saturated carbocycles. The highest BCUT2D eigenvalue weighted by atomic mass is 32.2. The topological polar surface area (TPSA) is 43.4 Å². The second kappa shape index (κ2) is 7.40. The first-order valence-electron chi connectivity index (χ1n) is 7.55. The van der Waals surface area contributed by atoms with Crippen LogP contribution in [0.3, 0.4) is 0 Å². The smallest absolute Gasteiger partial charge is 0.203 e. The average molecular weight is 354 g/mol. The lowest BCUT2D eigenvalue weighted by molar-refractivity contribution is -0.0444. The minimum atomic E-state index is -4.25. The lowest BCUT2D eigenvalue weighted by Gasteiger charge is -2.16. The van der Waals surface area contributed by atoms with Crippen molar-refractivity contribution in [3.05, 3.63) is 58.7 Å². The fourth-order valence-electron chi connectivity index (χ4n) is 2.98. The van der Waals surface area contributed by atoms with Crippen molar-refractivity contribution in [2.75, 3.05) is 5.75 Å². The van der Waals surface area contributed by atoms with Gasteiger partial charge in [0.25, 0.3) is 10.1 Å². The summed E-state index contributed by atoms with van der Waals surface area (Å²) in [7, 11) is -4.25. The number of halogens is 2. The van der Waals surface area contributed by atoms with Crippen LogP contribution in [-0.2, 0) is 20.7 Å². The Morgan fingerprint density at radius 1 is 1.04 bits per heavy atom. The van der Waals surface area contributed by atoms with Gasteiger partial charge in [0.1, 0.15) is 0 Å². The quantitative estimate of drug-likeness (QED) is 0.723. The van der Waals surface area contributed by atoms with Crippen molar-refractivity contribution in [2.45, 2.75) is 33.8 Å². The van der Waals surface area contributed by atoms with Crippen LogP contribution in [0, 0.1) is 20.8 Å². The van der Waals surface area contributed by atoms with Crippen LogP contribution in [0.15, 0.2) is 36.4 Å². The van der Waals surface area contributed by atoms with E-state index in [1.807, 2.05) is 39.0 Å². The molecule has 0 unspecified atom stereocenters. The summed E-state index contributed by atoms with van der Waals surface area (Å²) in [6.07, 6.45) is 0.109. The summed E-state index contributed by atoms with van der Waals surface area (Å²) in [6.45, 7) is 2.70. The van der Waals surface area contributed by atoms with E-state index in [1.54, 1.807) is 6.07 Å². The number of alkyl halides is 2. The van der Waals surface area contributed by atoms with E-state index in [-0.39, 0.29) is 6.42 Å². The first kappa shape index (κ1) is 18.5. The van der Waals surface area contributed by atoms with E-state index in [0.29, 0.717) is 0 Å². The number of hydrogen-bond donors (Lipinski definition) is 0. The Bertz CT molecular complexity index is 807. The molecule has 0 aliphatic rings. The Kier molecular flexibility index (Phi) is 5.72. The van der Waals surface area contributed by atoms with Gasteiger partial charge in [-0.2, -0.15) is 17.2 Å². The maximum Gasteiger partial charge on any atom is 0.358 e. The lowest BCUT2D eigenvalue weighted by atomic mass is 9.90. The summed E-state index contributed by atoms with van der Waals surface area (Å²) < 4.78 is 51.1. The number of rotatable bonds is 6. The predicted octanol–water partition coefficient (Wildman–Crippen LogP) is 4.39. The monoisotopic (exact) mass is 354 g/mol. The van der Waals surface area contributed by atoms with Crippen molar-refractivity contribution in [3.63, 3.8) is 0 Å². The summed E-state index contributed by atoms with van der Waals surface area (Å²) in [5, 5.41) is 0. The van der Waals surface area contributed by atoms with Crippen LogP contribution in [0.25, 0.3) is 11.1 Å². The van der Waals surface area contributed by atoms with Gasteiger partial charge in [0.05, 0.1) is 5.75 Å². The zero-order valence-electron chi connectivity index (χ0n) is 13.8. The molecule has 0 aliphatic carbocycles. The van der Waals surface area contributed by atoms with Crippen LogP contribution in [-0.4, -0.2) is 20.8 Å². The molecule has 2 rings (SSSR count). The SMILES string of the molecule is Cc1cc(C)c(-c2ccccc2CCS(=O)(=O)OC(F)F)c(C)c1. The number of benzene rings is 2. The van der Waals surface area contributed by atoms with Crippen molar-refractivity contribution >= 4 is 10.1 Å². The standard InChI is InChI=1S/C18H20F2O3S/c1-12-10-13(2)17(14(3)11-12)16-7-5-4-6-15(16)8-9-24(21,22)23-18(19)20/h4-7,10-11,18H,8-9H2,1-3H3. The van der Waals surface area contributed by atoms with Crippen molar-refractivity contribution in [2.24, 2.45) is 0 Å². The van der Waals surface area contributed by atoms with Crippen molar-refractivity contribution in [1.29, 1.82) is 0 Å². The van der Waals surface area contributed by atoms with Crippen LogP contribution >= 0.6 is 0 Å². The van der Waals surface area contributed by atoms with Crippen molar-refractivity contribution < 1.29 is 21.4 Å². The van der Waals surface area contributed by atoms with Crippen LogP contribution in [0.4, 0.5) is 8.78 Å². The van der Waals surface area contributed by atoms with E-state index in [9.17, 15) is 17.2 Å². The van der Waals surface area contributed by atoms with Gasteiger partial charge in [-0.3, -0.25) is 0 Å². The molecule has 0 radical (unpaired) electrons. The second-order valence-corrected chi connectivity index (χ2v) is 7.52. The highest BCUT2D eigenvalue weighted by Crippen LogP contribution is 2.31. The van der Waals surface area contributed by atoms with Crippen molar-refractivity contribution in [3.8, 4) is 11.1 Å².